The molecule has 3 heterocycles. The molecule has 7 aromatic carbocycles. The minimum absolute atomic E-state index is 0.597. The van der Waals surface area contributed by atoms with Crippen LogP contribution in [0.15, 0.2) is 146 Å². The Morgan fingerprint density at radius 1 is 0.388 bits per heavy atom. The molecule has 10 rings (SSSR count). The Labute approximate surface area is 285 Å². The van der Waals surface area contributed by atoms with Gasteiger partial charge in [-0.1, -0.05) is 54.6 Å². The molecule has 0 fully saturated rings. The molecular formula is C44H24N4S. The molecule has 0 radical (unpaired) electrons. The van der Waals surface area contributed by atoms with Gasteiger partial charge in [-0.15, -0.1) is 11.3 Å². The van der Waals surface area contributed by atoms with Gasteiger partial charge in [-0.05, 0) is 102 Å². The van der Waals surface area contributed by atoms with Crippen molar-refractivity contribution in [1.82, 2.24) is 9.13 Å². The minimum Gasteiger partial charge on any atom is -0.309 e. The third-order valence-corrected chi connectivity index (χ3v) is 10.9. The Morgan fingerprint density at radius 3 is 1.55 bits per heavy atom. The van der Waals surface area contributed by atoms with E-state index in [1.807, 2.05) is 47.7 Å². The number of nitrogens with zero attached hydrogens (tertiary/aromatic N) is 4. The lowest BCUT2D eigenvalue weighted by atomic mass is 10.0. The number of nitriles is 2. The van der Waals surface area contributed by atoms with Crippen LogP contribution >= 0.6 is 11.3 Å². The summed E-state index contributed by atoms with van der Waals surface area (Å²) < 4.78 is 7.14. The Balaban J connectivity index is 1.14. The quantitative estimate of drug-likeness (QED) is 0.193. The van der Waals surface area contributed by atoms with Gasteiger partial charge in [-0.2, -0.15) is 10.5 Å². The van der Waals surface area contributed by atoms with E-state index < -0.39 is 0 Å². The first-order valence-electron chi connectivity index (χ1n) is 16.1. The summed E-state index contributed by atoms with van der Waals surface area (Å²) in [5, 5.41) is 26.2. The van der Waals surface area contributed by atoms with Crippen LogP contribution in [0.1, 0.15) is 11.1 Å². The fourth-order valence-corrected chi connectivity index (χ4v) is 8.62. The van der Waals surface area contributed by atoms with Crippen molar-refractivity contribution in [1.29, 1.82) is 10.5 Å². The van der Waals surface area contributed by atoms with Gasteiger partial charge in [0.05, 0.1) is 45.3 Å². The third kappa shape index (κ3) is 4.07. The van der Waals surface area contributed by atoms with Gasteiger partial charge < -0.3 is 9.13 Å². The van der Waals surface area contributed by atoms with E-state index in [2.05, 4.69) is 130 Å². The van der Waals surface area contributed by atoms with E-state index in [4.69, 9.17) is 0 Å². The fourth-order valence-electron chi connectivity index (χ4n) is 7.55. The van der Waals surface area contributed by atoms with Crippen LogP contribution in [-0.4, -0.2) is 9.13 Å². The van der Waals surface area contributed by atoms with Crippen LogP contribution in [0.3, 0.4) is 0 Å². The van der Waals surface area contributed by atoms with Crippen LogP contribution in [0.2, 0.25) is 0 Å². The molecule has 0 saturated carbocycles. The molecule has 3 aromatic heterocycles. The van der Waals surface area contributed by atoms with Gasteiger partial charge in [0.1, 0.15) is 0 Å². The Morgan fingerprint density at radius 2 is 0.918 bits per heavy atom. The molecule has 49 heavy (non-hydrogen) atoms. The highest BCUT2D eigenvalue weighted by molar-refractivity contribution is 7.25. The molecule has 226 valence electrons. The molecule has 0 amide bonds. The molecule has 0 unspecified atom stereocenters. The number of rotatable bonds is 3. The van der Waals surface area contributed by atoms with Crippen LogP contribution in [-0.2, 0) is 0 Å². The van der Waals surface area contributed by atoms with Crippen LogP contribution in [0.4, 0.5) is 0 Å². The molecule has 0 aliphatic heterocycles. The molecule has 0 aliphatic carbocycles. The van der Waals surface area contributed by atoms with E-state index in [1.54, 1.807) is 0 Å². The summed E-state index contributed by atoms with van der Waals surface area (Å²) in [6.45, 7) is 0. The largest absolute Gasteiger partial charge is 0.309 e. The molecule has 0 N–H and O–H groups in total. The van der Waals surface area contributed by atoms with Crippen molar-refractivity contribution in [3.63, 3.8) is 0 Å². The number of hydrogen-bond acceptors (Lipinski definition) is 3. The maximum absolute atomic E-state index is 9.62. The molecule has 5 heteroatoms. The van der Waals surface area contributed by atoms with Gasteiger partial charge >= 0.3 is 0 Å². The third-order valence-electron chi connectivity index (χ3n) is 9.75. The maximum atomic E-state index is 9.62. The fraction of sp³-hybridized carbons (Fsp3) is 0. The lowest BCUT2D eigenvalue weighted by molar-refractivity contribution is 1.18. The van der Waals surface area contributed by atoms with Crippen LogP contribution < -0.4 is 0 Å². The first-order valence-corrected chi connectivity index (χ1v) is 16.9. The van der Waals surface area contributed by atoms with Crippen molar-refractivity contribution in [3.05, 3.63) is 157 Å². The van der Waals surface area contributed by atoms with Crippen molar-refractivity contribution in [3.8, 4) is 34.6 Å². The maximum Gasteiger partial charge on any atom is 0.0991 e. The molecule has 0 aliphatic rings. The van der Waals surface area contributed by atoms with Gasteiger partial charge in [0, 0.05) is 53.1 Å². The Hall–Kier alpha value is -6.66. The molecule has 10 aromatic rings. The molecule has 0 atom stereocenters. The van der Waals surface area contributed by atoms with E-state index in [9.17, 15) is 10.5 Å². The van der Waals surface area contributed by atoms with E-state index in [1.165, 1.54) is 42.0 Å². The second-order valence-corrected chi connectivity index (χ2v) is 13.5. The average Bonchev–Trinajstić information content (AvgIpc) is 3.81. The standard InChI is InChI=1S/C44H24N4S/c45-25-27-12-16-41-35(20-27)36-21-28(26-46)13-17-42(36)47(41)31-7-5-6-29(22-31)30-14-18-43-37(23-30)38-24-32(15-19-44(38)49-43)48-39-10-3-1-8-33(39)34-9-2-4-11-40(34)48/h1-24H. The smallest absolute Gasteiger partial charge is 0.0991 e. The molecule has 4 nitrogen and oxygen atoms in total. The van der Waals surface area contributed by atoms with Crippen LogP contribution in [0.25, 0.3) is 86.3 Å². The van der Waals surface area contributed by atoms with Crippen molar-refractivity contribution < 1.29 is 0 Å². The zero-order valence-corrected chi connectivity index (χ0v) is 26.9. The first-order chi connectivity index (χ1) is 24.2. The van der Waals surface area contributed by atoms with Crippen molar-refractivity contribution >= 4 is 75.1 Å². The predicted octanol–water partition coefficient (Wildman–Crippen LogP) is 11.7. The highest BCUT2D eigenvalue weighted by Crippen LogP contribution is 2.40. The van der Waals surface area contributed by atoms with Crippen molar-refractivity contribution in [2.24, 2.45) is 0 Å². The summed E-state index contributed by atoms with van der Waals surface area (Å²) in [7, 11) is 0. The molecule has 0 saturated heterocycles. The van der Waals surface area contributed by atoms with Gasteiger partial charge in [-0.25, -0.2) is 0 Å². The highest BCUT2D eigenvalue weighted by Gasteiger charge is 2.16. The first kappa shape index (κ1) is 27.5. The second-order valence-electron chi connectivity index (χ2n) is 12.4. The zero-order valence-electron chi connectivity index (χ0n) is 26.1. The summed E-state index contributed by atoms with van der Waals surface area (Å²) in [4.78, 5) is 0. The van der Waals surface area contributed by atoms with E-state index in [0.717, 1.165) is 44.3 Å². The summed E-state index contributed by atoms with van der Waals surface area (Å²) in [5.41, 5.74) is 10.1. The number of fused-ring (bicyclic) bond motifs is 9. The van der Waals surface area contributed by atoms with Crippen molar-refractivity contribution in [2.75, 3.05) is 0 Å². The number of thiophene rings is 1. The number of hydrogen-bond donors (Lipinski definition) is 0. The van der Waals surface area contributed by atoms with Gasteiger partial charge in [-0.3, -0.25) is 0 Å². The van der Waals surface area contributed by atoms with Gasteiger partial charge in [0.25, 0.3) is 0 Å². The number of para-hydroxylation sites is 2. The summed E-state index contributed by atoms with van der Waals surface area (Å²) in [6.07, 6.45) is 0. The number of benzene rings is 7. The Kier molecular flexibility index (Phi) is 5.84. The molecule has 0 spiro atoms. The summed E-state index contributed by atoms with van der Waals surface area (Å²) in [6, 6.07) is 55.6. The Bertz CT molecular complexity index is 2960. The van der Waals surface area contributed by atoms with Crippen LogP contribution in [0, 0.1) is 22.7 Å². The SMILES string of the molecule is N#Cc1ccc2c(c1)c1cc(C#N)ccc1n2-c1cccc(-c2ccc3sc4ccc(-n5c6ccccc6c6ccccc65)cc4c3c2)c1. The monoisotopic (exact) mass is 640 g/mol. The normalized spacial score (nSPS) is 11.6. The summed E-state index contributed by atoms with van der Waals surface area (Å²) in [5.74, 6) is 0. The van der Waals surface area contributed by atoms with E-state index in [0.29, 0.717) is 11.1 Å². The topological polar surface area (TPSA) is 57.4 Å². The number of aromatic nitrogens is 2. The van der Waals surface area contributed by atoms with Gasteiger partial charge in [0.15, 0.2) is 0 Å². The van der Waals surface area contributed by atoms with Gasteiger partial charge in [0.2, 0.25) is 0 Å². The lowest BCUT2D eigenvalue weighted by Crippen LogP contribution is -1.94. The van der Waals surface area contributed by atoms with Crippen molar-refractivity contribution in [2.45, 2.75) is 0 Å². The second kappa shape index (κ2) is 10.4. The predicted molar refractivity (Wildman–Crippen MR) is 203 cm³/mol. The molecule has 0 bridgehead atoms. The summed E-state index contributed by atoms with van der Waals surface area (Å²) >= 11 is 1.83. The minimum atomic E-state index is 0.597. The average molecular weight is 641 g/mol. The van der Waals surface area contributed by atoms with E-state index >= 15 is 0 Å². The molecular weight excluding hydrogens is 617 g/mol. The van der Waals surface area contributed by atoms with E-state index in [-0.39, 0.29) is 0 Å². The lowest BCUT2D eigenvalue weighted by Gasteiger charge is -2.11. The van der Waals surface area contributed by atoms with Crippen LogP contribution in [0.5, 0.6) is 0 Å². The zero-order chi connectivity index (χ0) is 32.6. The highest BCUT2D eigenvalue weighted by atomic mass is 32.1.